The first-order chi connectivity index (χ1) is 8.81. The smallest absolute Gasteiger partial charge is 0.123 e. The molecule has 3 nitrogen and oxygen atoms in total. The number of methoxy groups -OCH3 is 1. The van der Waals surface area contributed by atoms with Crippen molar-refractivity contribution in [2.24, 2.45) is 7.05 Å². The number of aromatic nitrogens is 1. The molecule has 1 aliphatic heterocycles. The summed E-state index contributed by atoms with van der Waals surface area (Å²) in [6, 6.07) is 6.48. The van der Waals surface area contributed by atoms with Gasteiger partial charge in [-0.1, -0.05) is 0 Å². The van der Waals surface area contributed by atoms with Gasteiger partial charge in [0, 0.05) is 29.7 Å². The minimum Gasteiger partial charge on any atom is -0.496 e. The van der Waals surface area contributed by atoms with Crippen molar-refractivity contribution in [2.45, 2.75) is 18.8 Å². The topological polar surface area (TPSA) is 26.2 Å². The van der Waals surface area contributed by atoms with Crippen LogP contribution in [-0.2, 0) is 7.05 Å². The van der Waals surface area contributed by atoms with E-state index in [1.165, 1.54) is 29.3 Å². The largest absolute Gasteiger partial charge is 0.496 e. The first-order valence-corrected chi connectivity index (χ1v) is 6.64. The fourth-order valence-electron chi connectivity index (χ4n) is 3.06. The van der Waals surface area contributed by atoms with E-state index >= 15 is 0 Å². The van der Waals surface area contributed by atoms with E-state index in [0.29, 0.717) is 5.92 Å². The highest BCUT2D eigenvalue weighted by Crippen LogP contribution is 2.38. The van der Waals surface area contributed by atoms with Crippen molar-refractivity contribution < 1.29 is 4.74 Å². The Kier molecular flexibility index (Phi) is 3.00. The molecular formula is C15H20N2O. The van der Waals surface area contributed by atoms with Crippen molar-refractivity contribution >= 4 is 10.9 Å². The van der Waals surface area contributed by atoms with Gasteiger partial charge in [-0.25, -0.2) is 0 Å². The summed E-state index contributed by atoms with van der Waals surface area (Å²) >= 11 is 0. The molecule has 0 saturated carbocycles. The maximum atomic E-state index is 5.59. The molecular weight excluding hydrogens is 224 g/mol. The summed E-state index contributed by atoms with van der Waals surface area (Å²) in [6.45, 7) is 2.22. The Morgan fingerprint density at radius 2 is 2.00 bits per heavy atom. The average Bonchev–Trinajstić information content (AvgIpc) is 2.80. The lowest BCUT2D eigenvalue weighted by atomic mass is 9.87. The van der Waals surface area contributed by atoms with Gasteiger partial charge in [-0.2, -0.15) is 0 Å². The van der Waals surface area contributed by atoms with Crippen molar-refractivity contribution in [1.82, 2.24) is 9.88 Å². The van der Waals surface area contributed by atoms with Crippen LogP contribution in [0.25, 0.3) is 10.9 Å². The maximum Gasteiger partial charge on any atom is 0.123 e. The highest BCUT2D eigenvalue weighted by molar-refractivity contribution is 5.86. The van der Waals surface area contributed by atoms with Crippen LogP contribution >= 0.6 is 0 Å². The Labute approximate surface area is 108 Å². The van der Waals surface area contributed by atoms with Gasteiger partial charge in [0.05, 0.1) is 7.11 Å². The molecule has 1 N–H and O–H groups in total. The third kappa shape index (κ3) is 1.79. The molecule has 0 atom stereocenters. The van der Waals surface area contributed by atoms with Crippen molar-refractivity contribution in [3.63, 3.8) is 0 Å². The SMILES string of the molecule is COc1ccc2c(ccn2C)c1C1CCNCC1. The molecule has 2 heterocycles. The van der Waals surface area contributed by atoms with E-state index in [0.717, 1.165) is 18.8 Å². The molecule has 3 rings (SSSR count). The first kappa shape index (κ1) is 11.6. The summed E-state index contributed by atoms with van der Waals surface area (Å²) in [5.41, 5.74) is 2.70. The van der Waals surface area contributed by atoms with Gasteiger partial charge in [-0.15, -0.1) is 0 Å². The van der Waals surface area contributed by atoms with Crippen molar-refractivity contribution in [3.8, 4) is 5.75 Å². The molecule has 0 spiro atoms. The fourth-order valence-corrected chi connectivity index (χ4v) is 3.06. The minimum atomic E-state index is 0.618. The number of nitrogens with zero attached hydrogens (tertiary/aromatic N) is 1. The molecule has 96 valence electrons. The predicted molar refractivity (Wildman–Crippen MR) is 74.3 cm³/mol. The van der Waals surface area contributed by atoms with Gasteiger partial charge in [0.25, 0.3) is 0 Å². The molecule has 2 aromatic rings. The molecule has 1 aromatic heterocycles. The number of ether oxygens (including phenoxy) is 1. The van der Waals surface area contributed by atoms with Crippen molar-refractivity contribution in [3.05, 3.63) is 30.0 Å². The van der Waals surface area contributed by atoms with Crippen molar-refractivity contribution in [2.75, 3.05) is 20.2 Å². The molecule has 0 aliphatic carbocycles. The summed E-state index contributed by atoms with van der Waals surface area (Å²) < 4.78 is 7.77. The maximum absolute atomic E-state index is 5.59. The quantitative estimate of drug-likeness (QED) is 0.879. The Balaban J connectivity index is 2.16. The van der Waals surface area contributed by atoms with Crippen LogP contribution in [-0.4, -0.2) is 24.8 Å². The van der Waals surface area contributed by atoms with Gasteiger partial charge in [0.1, 0.15) is 5.75 Å². The Morgan fingerprint density at radius 3 is 2.72 bits per heavy atom. The van der Waals surface area contributed by atoms with E-state index in [1.54, 1.807) is 7.11 Å². The lowest BCUT2D eigenvalue weighted by Gasteiger charge is -2.25. The second kappa shape index (κ2) is 4.65. The molecule has 1 aliphatic rings. The van der Waals surface area contributed by atoms with Gasteiger partial charge in [0.2, 0.25) is 0 Å². The molecule has 1 saturated heterocycles. The second-order valence-corrected chi connectivity index (χ2v) is 5.07. The average molecular weight is 244 g/mol. The third-order valence-corrected chi connectivity index (χ3v) is 4.04. The number of hydrogen-bond donors (Lipinski definition) is 1. The molecule has 1 fully saturated rings. The van der Waals surface area contributed by atoms with Crippen LogP contribution in [0.4, 0.5) is 0 Å². The number of fused-ring (bicyclic) bond motifs is 1. The summed E-state index contributed by atoms with van der Waals surface area (Å²) in [7, 11) is 3.87. The number of aryl methyl sites for hydroxylation is 1. The number of rotatable bonds is 2. The van der Waals surface area contributed by atoms with Crippen LogP contribution < -0.4 is 10.1 Å². The zero-order valence-electron chi connectivity index (χ0n) is 11.1. The first-order valence-electron chi connectivity index (χ1n) is 6.64. The second-order valence-electron chi connectivity index (χ2n) is 5.07. The predicted octanol–water partition coefficient (Wildman–Crippen LogP) is 2.65. The van der Waals surface area contributed by atoms with Crippen molar-refractivity contribution in [1.29, 1.82) is 0 Å². The van der Waals surface area contributed by atoms with Crippen LogP contribution in [0.3, 0.4) is 0 Å². The van der Waals surface area contributed by atoms with Gasteiger partial charge in [-0.05, 0) is 50.0 Å². The van der Waals surface area contributed by atoms with Gasteiger partial charge >= 0.3 is 0 Å². The van der Waals surface area contributed by atoms with E-state index in [4.69, 9.17) is 4.74 Å². The lowest BCUT2D eigenvalue weighted by molar-refractivity contribution is 0.393. The molecule has 0 unspecified atom stereocenters. The Bertz CT molecular complexity index is 553. The Morgan fingerprint density at radius 1 is 1.22 bits per heavy atom. The molecule has 18 heavy (non-hydrogen) atoms. The van der Waals surface area contributed by atoms with Gasteiger partial charge in [0.15, 0.2) is 0 Å². The standard InChI is InChI=1S/C15H20N2O/c1-17-10-7-12-13(17)3-4-14(18-2)15(12)11-5-8-16-9-6-11/h3-4,7,10-11,16H,5-6,8-9H2,1-2H3. The van der Waals surface area contributed by atoms with E-state index in [9.17, 15) is 0 Å². The molecule has 0 amide bonds. The number of piperidine rings is 1. The van der Waals surface area contributed by atoms with E-state index < -0.39 is 0 Å². The normalized spacial score (nSPS) is 17.2. The van der Waals surface area contributed by atoms with Gasteiger partial charge in [-0.3, -0.25) is 0 Å². The molecule has 0 radical (unpaired) electrons. The van der Waals surface area contributed by atoms with E-state index in [2.05, 4.69) is 41.3 Å². The number of nitrogens with one attached hydrogen (secondary N) is 1. The van der Waals surface area contributed by atoms with Crippen LogP contribution in [0.15, 0.2) is 24.4 Å². The van der Waals surface area contributed by atoms with Crippen LogP contribution in [0, 0.1) is 0 Å². The highest BCUT2D eigenvalue weighted by atomic mass is 16.5. The van der Waals surface area contributed by atoms with Crippen LogP contribution in [0.5, 0.6) is 5.75 Å². The summed E-state index contributed by atoms with van der Waals surface area (Å²) in [6.07, 6.45) is 4.53. The zero-order valence-corrected chi connectivity index (χ0v) is 11.1. The van der Waals surface area contributed by atoms with Crippen LogP contribution in [0.2, 0.25) is 0 Å². The molecule has 1 aromatic carbocycles. The summed E-state index contributed by atoms with van der Waals surface area (Å²) in [5, 5.41) is 4.78. The number of benzene rings is 1. The Hall–Kier alpha value is -1.48. The highest BCUT2D eigenvalue weighted by Gasteiger charge is 2.22. The number of hydrogen-bond acceptors (Lipinski definition) is 2. The van der Waals surface area contributed by atoms with Crippen LogP contribution in [0.1, 0.15) is 24.3 Å². The molecule has 3 heteroatoms. The van der Waals surface area contributed by atoms with Gasteiger partial charge < -0.3 is 14.6 Å². The molecule has 0 bridgehead atoms. The summed E-state index contributed by atoms with van der Waals surface area (Å²) in [4.78, 5) is 0. The monoisotopic (exact) mass is 244 g/mol. The van der Waals surface area contributed by atoms with E-state index in [-0.39, 0.29) is 0 Å². The minimum absolute atomic E-state index is 0.618. The van der Waals surface area contributed by atoms with E-state index in [1.807, 2.05) is 0 Å². The fraction of sp³-hybridized carbons (Fsp3) is 0.467. The zero-order chi connectivity index (χ0) is 12.5. The lowest BCUT2D eigenvalue weighted by Crippen LogP contribution is -2.26. The summed E-state index contributed by atoms with van der Waals surface area (Å²) in [5.74, 6) is 1.66. The third-order valence-electron chi connectivity index (χ3n) is 4.04.